The van der Waals surface area contributed by atoms with E-state index in [-0.39, 0.29) is 11.8 Å². The lowest BCUT2D eigenvalue weighted by Gasteiger charge is -2.19. The fraction of sp³-hybridized carbons (Fsp3) is 0.263. The molecular formula is C19H19N3O3. The summed E-state index contributed by atoms with van der Waals surface area (Å²) in [6.07, 6.45) is 2.29. The number of hydrogen-bond acceptors (Lipinski definition) is 4. The van der Waals surface area contributed by atoms with Crippen LogP contribution in [-0.4, -0.2) is 22.3 Å². The number of carbonyl (C=O) groups is 1. The molecule has 1 aliphatic heterocycles. The van der Waals surface area contributed by atoms with Gasteiger partial charge in [0.1, 0.15) is 17.3 Å². The monoisotopic (exact) mass is 337 g/mol. The summed E-state index contributed by atoms with van der Waals surface area (Å²) in [5.74, 6) is 2.83. The number of ether oxygens (including phenoxy) is 1. The molecule has 1 unspecified atom stereocenters. The Hall–Kier alpha value is -3.02. The number of nitrogens with one attached hydrogen (secondary N) is 1. The Morgan fingerprint density at radius 2 is 2.08 bits per heavy atom. The summed E-state index contributed by atoms with van der Waals surface area (Å²) in [7, 11) is 1.84. The molecule has 0 bridgehead atoms. The first kappa shape index (κ1) is 15.5. The van der Waals surface area contributed by atoms with E-state index in [1.54, 1.807) is 4.68 Å². The van der Waals surface area contributed by atoms with E-state index in [1.165, 1.54) is 0 Å². The van der Waals surface area contributed by atoms with Crippen LogP contribution in [0.25, 0.3) is 11.3 Å². The van der Waals surface area contributed by atoms with Crippen molar-refractivity contribution in [2.75, 3.05) is 11.9 Å². The molecule has 1 atom stereocenters. The van der Waals surface area contributed by atoms with E-state index in [0.29, 0.717) is 18.8 Å². The van der Waals surface area contributed by atoms with Gasteiger partial charge >= 0.3 is 0 Å². The first-order valence-corrected chi connectivity index (χ1v) is 8.30. The topological polar surface area (TPSA) is 69.3 Å². The van der Waals surface area contributed by atoms with Crippen molar-refractivity contribution in [1.82, 2.24) is 9.78 Å². The van der Waals surface area contributed by atoms with Gasteiger partial charge in [0, 0.05) is 30.8 Å². The number of rotatable bonds is 4. The lowest BCUT2D eigenvalue weighted by atomic mass is 9.92. The van der Waals surface area contributed by atoms with Gasteiger partial charge in [0.2, 0.25) is 5.91 Å². The minimum Gasteiger partial charge on any atom is -0.494 e. The maximum atomic E-state index is 12.0. The van der Waals surface area contributed by atoms with Crippen molar-refractivity contribution >= 4 is 11.7 Å². The smallest absolute Gasteiger partial charge is 0.226 e. The number of hydrogen-bond donors (Lipinski definition) is 1. The van der Waals surface area contributed by atoms with Crippen LogP contribution in [0.2, 0.25) is 0 Å². The fourth-order valence-corrected chi connectivity index (χ4v) is 3.17. The highest BCUT2D eigenvalue weighted by Gasteiger charge is 2.31. The molecule has 0 radical (unpaired) electrons. The van der Waals surface area contributed by atoms with Crippen molar-refractivity contribution in [3.05, 3.63) is 53.9 Å². The van der Waals surface area contributed by atoms with Crippen molar-refractivity contribution in [1.29, 1.82) is 0 Å². The molecule has 3 heterocycles. The van der Waals surface area contributed by atoms with Crippen LogP contribution in [0.1, 0.15) is 30.6 Å². The molecule has 2 aromatic heterocycles. The molecule has 128 valence electrons. The van der Waals surface area contributed by atoms with Gasteiger partial charge in [-0.2, -0.15) is 5.10 Å². The molecule has 1 aromatic carbocycles. The first-order chi connectivity index (χ1) is 12.1. The van der Waals surface area contributed by atoms with Crippen LogP contribution in [0, 0.1) is 0 Å². The molecule has 1 amide bonds. The van der Waals surface area contributed by atoms with Crippen LogP contribution in [-0.2, 0) is 11.8 Å². The van der Waals surface area contributed by atoms with Crippen molar-refractivity contribution in [3.63, 3.8) is 0 Å². The quantitative estimate of drug-likeness (QED) is 0.790. The fourth-order valence-electron chi connectivity index (χ4n) is 3.17. The van der Waals surface area contributed by atoms with Crippen LogP contribution < -0.4 is 10.1 Å². The van der Waals surface area contributed by atoms with Crippen LogP contribution in [0.15, 0.2) is 47.0 Å². The van der Waals surface area contributed by atoms with E-state index in [9.17, 15) is 4.79 Å². The third kappa shape index (κ3) is 2.91. The molecule has 1 N–H and O–H groups in total. The van der Waals surface area contributed by atoms with Crippen LogP contribution >= 0.6 is 0 Å². The van der Waals surface area contributed by atoms with Crippen molar-refractivity contribution in [3.8, 4) is 17.1 Å². The Kier molecular flexibility index (Phi) is 3.80. The molecule has 6 nitrogen and oxygen atoms in total. The highest BCUT2D eigenvalue weighted by Crippen LogP contribution is 2.38. The largest absolute Gasteiger partial charge is 0.494 e. The number of amides is 1. The van der Waals surface area contributed by atoms with E-state index in [1.807, 2.05) is 56.6 Å². The summed E-state index contributed by atoms with van der Waals surface area (Å²) in [4.78, 5) is 12.0. The van der Waals surface area contributed by atoms with Crippen LogP contribution in [0.5, 0.6) is 5.75 Å². The average molecular weight is 337 g/mol. The number of furan rings is 1. The first-order valence-electron chi connectivity index (χ1n) is 8.30. The van der Waals surface area contributed by atoms with E-state index >= 15 is 0 Å². The number of benzene rings is 1. The van der Waals surface area contributed by atoms with Crippen LogP contribution in [0.4, 0.5) is 5.82 Å². The molecule has 1 aliphatic rings. The van der Waals surface area contributed by atoms with E-state index in [4.69, 9.17) is 9.15 Å². The Morgan fingerprint density at radius 3 is 2.84 bits per heavy atom. The number of fused-ring (bicyclic) bond motifs is 1. The molecular weight excluding hydrogens is 318 g/mol. The third-order valence-electron chi connectivity index (χ3n) is 4.30. The summed E-state index contributed by atoms with van der Waals surface area (Å²) in [6.45, 7) is 2.60. The van der Waals surface area contributed by atoms with Gasteiger partial charge in [0.05, 0.1) is 12.5 Å². The van der Waals surface area contributed by atoms with Gasteiger partial charge < -0.3 is 14.5 Å². The van der Waals surface area contributed by atoms with Gasteiger partial charge in [-0.05, 0) is 43.3 Å². The van der Waals surface area contributed by atoms with E-state index in [0.717, 1.165) is 28.4 Å². The molecule has 25 heavy (non-hydrogen) atoms. The summed E-state index contributed by atoms with van der Waals surface area (Å²) in [5.41, 5.74) is 1.95. The van der Waals surface area contributed by atoms with Gasteiger partial charge in [-0.25, -0.2) is 0 Å². The number of aromatic nitrogens is 2. The minimum atomic E-state index is -0.117. The maximum absolute atomic E-state index is 12.0. The van der Waals surface area contributed by atoms with Gasteiger partial charge in [-0.1, -0.05) is 0 Å². The Bertz CT molecular complexity index is 908. The predicted octanol–water partition coefficient (Wildman–Crippen LogP) is 3.55. The van der Waals surface area contributed by atoms with Gasteiger partial charge in [-0.15, -0.1) is 0 Å². The summed E-state index contributed by atoms with van der Waals surface area (Å²) in [5, 5.41) is 7.11. The lowest BCUT2D eigenvalue weighted by molar-refractivity contribution is -0.116. The lowest BCUT2D eigenvalue weighted by Crippen LogP contribution is -2.22. The second-order valence-corrected chi connectivity index (χ2v) is 6.07. The number of aryl methyl sites for hydroxylation is 1. The molecule has 0 fully saturated rings. The molecule has 3 aromatic rings. The van der Waals surface area contributed by atoms with Gasteiger partial charge in [0.25, 0.3) is 0 Å². The standard InChI is InChI=1S/C19H19N3O3/c1-3-24-13-6-4-12(5-7-13)16-8-9-17(25-16)14-10-18(23)20-19-15(14)11-22(2)21-19/h4-9,11,14H,3,10H2,1-2H3,(H,20,21,23). The summed E-state index contributed by atoms with van der Waals surface area (Å²) < 4.78 is 13.2. The van der Waals surface area contributed by atoms with Crippen molar-refractivity contribution < 1.29 is 13.9 Å². The molecule has 4 rings (SSSR count). The second kappa shape index (κ2) is 6.12. The van der Waals surface area contributed by atoms with E-state index < -0.39 is 0 Å². The Balaban J connectivity index is 1.64. The number of nitrogens with zero attached hydrogens (tertiary/aromatic N) is 2. The number of carbonyl (C=O) groups excluding carboxylic acids is 1. The molecule has 0 spiro atoms. The minimum absolute atomic E-state index is 0.0461. The summed E-state index contributed by atoms with van der Waals surface area (Å²) in [6, 6.07) is 11.7. The predicted molar refractivity (Wildman–Crippen MR) is 93.6 cm³/mol. The SMILES string of the molecule is CCOc1ccc(-c2ccc(C3CC(=O)Nc4nn(C)cc43)o2)cc1. The average Bonchev–Trinajstić information content (AvgIpc) is 3.21. The molecule has 6 heteroatoms. The molecule has 0 saturated heterocycles. The number of anilines is 1. The zero-order valence-corrected chi connectivity index (χ0v) is 14.2. The van der Waals surface area contributed by atoms with Crippen LogP contribution in [0.3, 0.4) is 0 Å². The highest BCUT2D eigenvalue weighted by molar-refractivity contribution is 5.94. The second-order valence-electron chi connectivity index (χ2n) is 6.07. The summed E-state index contributed by atoms with van der Waals surface area (Å²) >= 11 is 0. The zero-order valence-electron chi connectivity index (χ0n) is 14.2. The Morgan fingerprint density at radius 1 is 1.28 bits per heavy atom. The van der Waals surface area contributed by atoms with Gasteiger partial charge in [-0.3, -0.25) is 9.48 Å². The molecule has 0 saturated carbocycles. The van der Waals surface area contributed by atoms with Crippen molar-refractivity contribution in [2.45, 2.75) is 19.3 Å². The van der Waals surface area contributed by atoms with Crippen molar-refractivity contribution in [2.24, 2.45) is 7.05 Å². The Labute approximate surface area is 145 Å². The third-order valence-corrected chi connectivity index (χ3v) is 4.30. The van der Waals surface area contributed by atoms with E-state index in [2.05, 4.69) is 10.4 Å². The maximum Gasteiger partial charge on any atom is 0.226 e. The zero-order chi connectivity index (χ0) is 17.4. The van der Waals surface area contributed by atoms with Gasteiger partial charge in [0.15, 0.2) is 5.82 Å². The molecule has 0 aliphatic carbocycles. The normalized spacial score (nSPS) is 16.4. The highest BCUT2D eigenvalue weighted by atomic mass is 16.5.